The van der Waals surface area contributed by atoms with E-state index in [-0.39, 0.29) is 10.8 Å². The fraction of sp³-hybridized carbons (Fsp3) is 0.409. The molecule has 0 aliphatic rings. The second kappa shape index (κ2) is 8.05. The van der Waals surface area contributed by atoms with Gasteiger partial charge in [-0.05, 0) is 48.9 Å². The molecule has 0 radical (unpaired) electrons. The van der Waals surface area contributed by atoms with Crippen LogP contribution in [-0.4, -0.2) is 5.38 Å². The molecule has 3 aromatic rings. The van der Waals surface area contributed by atoms with Gasteiger partial charge in [-0.25, -0.2) is 0 Å². The molecule has 25 heavy (non-hydrogen) atoms. The average molecular weight is 357 g/mol. The molecule has 3 rings (SSSR count). The van der Waals surface area contributed by atoms with E-state index in [4.69, 9.17) is 16.0 Å². The van der Waals surface area contributed by atoms with Crippen molar-refractivity contribution in [2.75, 3.05) is 0 Å². The zero-order valence-corrected chi connectivity index (χ0v) is 15.7. The first-order valence-corrected chi connectivity index (χ1v) is 9.64. The third-order valence-corrected chi connectivity index (χ3v) is 5.54. The fourth-order valence-corrected chi connectivity index (χ4v) is 3.61. The van der Waals surface area contributed by atoms with Crippen molar-refractivity contribution >= 4 is 33.5 Å². The van der Waals surface area contributed by atoms with Crippen LogP contribution in [0.5, 0.6) is 0 Å². The van der Waals surface area contributed by atoms with Crippen LogP contribution in [0.4, 0.5) is 0 Å². The summed E-state index contributed by atoms with van der Waals surface area (Å²) in [7, 11) is 0. The Morgan fingerprint density at radius 3 is 2.52 bits per heavy atom. The van der Waals surface area contributed by atoms with Gasteiger partial charge in [0.15, 0.2) is 0 Å². The Morgan fingerprint density at radius 2 is 1.72 bits per heavy atom. The maximum atomic E-state index is 13.0. The fourth-order valence-electron chi connectivity index (χ4n) is 3.46. The van der Waals surface area contributed by atoms with Gasteiger partial charge in [0, 0.05) is 5.38 Å². The van der Waals surface area contributed by atoms with Crippen molar-refractivity contribution < 1.29 is 4.42 Å². The maximum absolute atomic E-state index is 13.0. The van der Waals surface area contributed by atoms with E-state index >= 15 is 0 Å². The van der Waals surface area contributed by atoms with Gasteiger partial charge >= 0.3 is 0 Å². The predicted octanol–water partition coefficient (Wildman–Crippen LogP) is 6.63. The Labute approximate surface area is 153 Å². The second-order valence-corrected chi connectivity index (χ2v) is 7.46. The van der Waals surface area contributed by atoms with Crippen LogP contribution in [0.2, 0.25) is 0 Å². The van der Waals surface area contributed by atoms with Crippen molar-refractivity contribution in [3.05, 3.63) is 58.3 Å². The quantitative estimate of drug-likeness (QED) is 0.270. The largest absolute Gasteiger partial charge is 0.456 e. The molecule has 0 fully saturated rings. The standard InChI is InChI=1S/C22H25ClO2/c1-3-16(23)10-5-4-9-15(2)17-12-8-14-20-21(17)22(24)18-11-6-7-13-19(18)25-20/h6-8,11-16H,3-5,9-10H2,1-2H3. The molecule has 132 valence electrons. The zero-order chi connectivity index (χ0) is 17.8. The highest BCUT2D eigenvalue weighted by atomic mass is 35.5. The summed E-state index contributed by atoms with van der Waals surface area (Å²) in [6.07, 6.45) is 5.40. The van der Waals surface area contributed by atoms with Gasteiger partial charge in [0.2, 0.25) is 5.43 Å². The van der Waals surface area contributed by atoms with E-state index in [2.05, 4.69) is 19.9 Å². The summed E-state index contributed by atoms with van der Waals surface area (Å²) in [6.45, 7) is 4.32. The molecular weight excluding hydrogens is 332 g/mol. The molecule has 2 atom stereocenters. The third-order valence-electron chi connectivity index (χ3n) is 5.02. The van der Waals surface area contributed by atoms with E-state index in [0.29, 0.717) is 22.5 Å². The lowest BCUT2D eigenvalue weighted by Gasteiger charge is -2.15. The van der Waals surface area contributed by atoms with Crippen molar-refractivity contribution in [2.45, 2.75) is 57.2 Å². The molecule has 1 heterocycles. The lowest BCUT2D eigenvalue weighted by molar-refractivity contribution is 0.571. The Morgan fingerprint density at radius 1 is 1.00 bits per heavy atom. The Kier molecular flexibility index (Phi) is 5.80. The number of benzene rings is 2. The highest BCUT2D eigenvalue weighted by molar-refractivity contribution is 6.20. The van der Waals surface area contributed by atoms with E-state index in [0.717, 1.165) is 43.1 Å². The van der Waals surface area contributed by atoms with Crippen LogP contribution in [0.3, 0.4) is 0 Å². The van der Waals surface area contributed by atoms with Gasteiger partial charge in [-0.2, -0.15) is 0 Å². The topological polar surface area (TPSA) is 30.2 Å². The Hall–Kier alpha value is -1.80. The van der Waals surface area contributed by atoms with Crippen LogP contribution >= 0.6 is 11.6 Å². The van der Waals surface area contributed by atoms with Crippen LogP contribution in [0, 0.1) is 0 Å². The van der Waals surface area contributed by atoms with Crippen molar-refractivity contribution in [1.82, 2.24) is 0 Å². The summed E-state index contributed by atoms with van der Waals surface area (Å²) in [6, 6.07) is 13.4. The summed E-state index contributed by atoms with van der Waals surface area (Å²) in [5, 5.41) is 1.67. The summed E-state index contributed by atoms with van der Waals surface area (Å²) in [5.41, 5.74) is 2.50. The van der Waals surface area contributed by atoms with Gasteiger partial charge in [0.25, 0.3) is 0 Å². The predicted molar refractivity (Wildman–Crippen MR) is 107 cm³/mol. The van der Waals surface area contributed by atoms with Gasteiger partial charge in [0.1, 0.15) is 11.2 Å². The Bertz CT molecular complexity index is 913. The Balaban J connectivity index is 1.88. The highest BCUT2D eigenvalue weighted by Crippen LogP contribution is 2.29. The number of hydrogen-bond donors (Lipinski definition) is 0. The molecule has 0 N–H and O–H groups in total. The summed E-state index contributed by atoms with van der Waals surface area (Å²) >= 11 is 6.20. The van der Waals surface area contributed by atoms with Crippen LogP contribution < -0.4 is 5.43 Å². The van der Waals surface area contributed by atoms with E-state index < -0.39 is 0 Å². The number of halogens is 1. The third kappa shape index (κ3) is 3.90. The van der Waals surface area contributed by atoms with E-state index in [1.165, 1.54) is 0 Å². The van der Waals surface area contributed by atoms with E-state index in [9.17, 15) is 4.79 Å². The molecule has 2 aromatic carbocycles. The summed E-state index contributed by atoms with van der Waals surface area (Å²) < 4.78 is 5.97. The second-order valence-electron chi connectivity index (χ2n) is 6.84. The number of hydrogen-bond acceptors (Lipinski definition) is 2. The number of alkyl halides is 1. The van der Waals surface area contributed by atoms with Gasteiger partial charge < -0.3 is 4.42 Å². The molecule has 0 amide bonds. The van der Waals surface area contributed by atoms with Crippen molar-refractivity contribution in [1.29, 1.82) is 0 Å². The van der Waals surface area contributed by atoms with Crippen molar-refractivity contribution in [2.24, 2.45) is 0 Å². The van der Waals surface area contributed by atoms with Gasteiger partial charge in [0.05, 0.1) is 10.8 Å². The monoisotopic (exact) mass is 356 g/mol. The molecule has 0 saturated carbocycles. The number of fused-ring (bicyclic) bond motifs is 2. The lowest BCUT2D eigenvalue weighted by atomic mass is 9.91. The van der Waals surface area contributed by atoms with Crippen LogP contribution in [-0.2, 0) is 0 Å². The minimum absolute atomic E-state index is 0.0751. The summed E-state index contributed by atoms with van der Waals surface area (Å²) in [5.74, 6) is 0.322. The first kappa shape index (κ1) is 18.0. The SMILES string of the molecule is CCC(Cl)CCCCC(C)c1cccc2oc3ccccc3c(=O)c12. The highest BCUT2D eigenvalue weighted by Gasteiger charge is 2.15. The van der Waals surface area contributed by atoms with Gasteiger partial charge in [-0.15, -0.1) is 11.6 Å². The molecular formula is C22H25ClO2. The number of unbranched alkanes of at least 4 members (excludes halogenated alkanes) is 1. The molecule has 0 saturated heterocycles. The number of rotatable bonds is 7. The first-order valence-electron chi connectivity index (χ1n) is 9.20. The van der Waals surface area contributed by atoms with E-state index in [1.807, 2.05) is 36.4 Å². The van der Waals surface area contributed by atoms with Crippen molar-refractivity contribution in [3.63, 3.8) is 0 Å². The molecule has 2 nitrogen and oxygen atoms in total. The van der Waals surface area contributed by atoms with Crippen LogP contribution in [0.1, 0.15) is 57.4 Å². The normalized spacial score (nSPS) is 14.0. The molecule has 3 heteroatoms. The number of para-hydroxylation sites is 1. The van der Waals surface area contributed by atoms with Crippen molar-refractivity contribution in [3.8, 4) is 0 Å². The van der Waals surface area contributed by atoms with Gasteiger partial charge in [-0.3, -0.25) is 4.79 Å². The van der Waals surface area contributed by atoms with Crippen LogP contribution in [0.15, 0.2) is 51.7 Å². The molecule has 0 aliphatic heterocycles. The maximum Gasteiger partial charge on any atom is 0.200 e. The first-order chi connectivity index (χ1) is 12.1. The minimum atomic E-state index is 0.0751. The van der Waals surface area contributed by atoms with Gasteiger partial charge in [-0.1, -0.05) is 51.0 Å². The summed E-state index contributed by atoms with van der Waals surface area (Å²) in [4.78, 5) is 13.0. The lowest BCUT2D eigenvalue weighted by Crippen LogP contribution is -2.07. The van der Waals surface area contributed by atoms with Crippen LogP contribution in [0.25, 0.3) is 21.9 Å². The molecule has 0 spiro atoms. The zero-order valence-electron chi connectivity index (χ0n) is 14.9. The molecule has 0 aliphatic carbocycles. The minimum Gasteiger partial charge on any atom is -0.456 e. The smallest absolute Gasteiger partial charge is 0.200 e. The van der Waals surface area contributed by atoms with E-state index in [1.54, 1.807) is 0 Å². The molecule has 1 aromatic heterocycles. The average Bonchev–Trinajstić information content (AvgIpc) is 2.64. The molecule has 2 unspecified atom stereocenters. The molecule has 0 bridgehead atoms.